The summed E-state index contributed by atoms with van der Waals surface area (Å²) >= 11 is 6.01. The first-order valence-corrected chi connectivity index (χ1v) is 8.89. The first-order valence-electron chi connectivity index (χ1n) is 8.51. The van der Waals surface area contributed by atoms with Crippen molar-refractivity contribution in [1.82, 2.24) is 14.6 Å². The van der Waals surface area contributed by atoms with E-state index < -0.39 is 0 Å². The summed E-state index contributed by atoms with van der Waals surface area (Å²) in [5.41, 5.74) is 5.04. The molecular formula is C19H21ClN4. The summed E-state index contributed by atoms with van der Waals surface area (Å²) in [6.45, 7) is 4.12. The summed E-state index contributed by atoms with van der Waals surface area (Å²) < 4.78 is 1.95. The molecule has 4 nitrogen and oxygen atoms in total. The monoisotopic (exact) mass is 340 g/mol. The van der Waals surface area contributed by atoms with Crippen LogP contribution in [0.2, 0.25) is 5.02 Å². The summed E-state index contributed by atoms with van der Waals surface area (Å²) in [4.78, 5) is 4.71. The number of halogens is 1. The zero-order chi connectivity index (χ0) is 16.7. The maximum absolute atomic E-state index is 6.01. The molecule has 0 spiro atoms. The molecule has 3 aromatic rings. The Bertz CT molecular complexity index is 877. The van der Waals surface area contributed by atoms with Crippen LogP contribution < -0.4 is 5.32 Å². The van der Waals surface area contributed by atoms with Gasteiger partial charge in [-0.1, -0.05) is 36.6 Å². The average molecular weight is 341 g/mol. The Balaban J connectivity index is 1.82. The Morgan fingerprint density at radius 1 is 1.12 bits per heavy atom. The van der Waals surface area contributed by atoms with Gasteiger partial charge in [-0.05, 0) is 38.8 Å². The largest absolute Gasteiger partial charge is 0.367 e. The van der Waals surface area contributed by atoms with E-state index in [1.807, 2.05) is 35.7 Å². The second kappa shape index (κ2) is 6.10. The highest BCUT2D eigenvalue weighted by Gasteiger charge is 2.19. The number of hydrogen-bond acceptors (Lipinski definition) is 3. The quantitative estimate of drug-likeness (QED) is 0.727. The number of fused-ring (bicyclic) bond motifs is 1. The number of nitrogens with zero attached hydrogens (tertiary/aromatic N) is 3. The molecule has 0 unspecified atom stereocenters. The van der Waals surface area contributed by atoms with Gasteiger partial charge >= 0.3 is 0 Å². The fourth-order valence-electron chi connectivity index (χ4n) is 3.51. The standard InChI is InChI=1S/C19H21ClN4/c1-12-11-17(22-16-5-3-4-6-16)24-19(21-12)13(2)18(23-24)14-7-9-15(20)10-8-14/h7-11,16,22H,3-6H2,1-2H3. The summed E-state index contributed by atoms with van der Waals surface area (Å²) in [5.74, 6) is 1.03. The Kier molecular flexibility index (Phi) is 3.93. The van der Waals surface area contributed by atoms with E-state index in [2.05, 4.69) is 18.3 Å². The van der Waals surface area contributed by atoms with E-state index in [0.29, 0.717) is 6.04 Å². The molecule has 1 aromatic carbocycles. The molecule has 0 aliphatic heterocycles. The molecule has 0 bridgehead atoms. The first kappa shape index (κ1) is 15.5. The van der Waals surface area contributed by atoms with Crippen molar-refractivity contribution < 1.29 is 0 Å². The zero-order valence-corrected chi connectivity index (χ0v) is 14.8. The number of rotatable bonds is 3. The normalized spacial score (nSPS) is 15.3. The van der Waals surface area contributed by atoms with Gasteiger partial charge in [0.25, 0.3) is 0 Å². The fourth-order valence-corrected chi connectivity index (χ4v) is 3.63. The second-order valence-corrected chi connectivity index (χ2v) is 7.06. The van der Waals surface area contributed by atoms with E-state index in [9.17, 15) is 0 Å². The number of aryl methyl sites for hydroxylation is 2. The van der Waals surface area contributed by atoms with Crippen molar-refractivity contribution in [3.05, 3.63) is 46.6 Å². The predicted molar refractivity (Wildman–Crippen MR) is 98.8 cm³/mol. The van der Waals surface area contributed by atoms with E-state index in [0.717, 1.165) is 39.0 Å². The van der Waals surface area contributed by atoms with E-state index in [-0.39, 0.29) is 0 Å². The lowest BCUT2D eigenvalue weighted by atomic mass is 10.1. The van der Waals surface area contributed by atoms with Crippen molar-refractivity contribution in [2.45, 2.75) is 45.6 Å². The van der Waals surface area contributed by atoms with Gasteiger partial charge in [0, 0.05) is 34.0 Å². The van der Waals surface area contributed by atoms with Crippen LogP contribution in [0.1, 0.15) is 36.9 Å². The van der Waals surface area contributed by atoms with Crippen molar-refractivity contribution in [2.24, 2.45) is 0 Å². The molecule has 2 aromatic heterocycles. The highest BCUT2D eigenvalue weighted by atomic mass is 35.5. The van der Waals surface area contributed by atoms with Crippen molar-refractivity contribution >= 4 is 23.1 Å². The fraction of sp³-hybridized carbons (Fsp3) is 0.368. The van der Waals surface area contributed by atoms with Gasteiger partial charge < -0.3 is 5.32 Å². The Labute approximate surface area is 146 Å². The molecular weight excluding hydrogens is 320 g/mol. The van der Waals surface area contributed by atoms with Crippen molar-refractivity contribution in [3.8, 4) is 11.3 Å². The average Bonchev–Trinajstić information content (AvgIpc) is 3.17. The molecule has 0 saturated heterocycles. The zero-order valence-electron chi connectivity index (χ0n) is 14.0. The van der Waals surface area contributed by atoms with Crippen LogP contribution in [0.25, 0.3) is 16.9 Å². The molecule has 1 N–H and O–H groups in total. The van der Waals surface area contributed by atoms with Crippen LogP contribution in [-0.4, -0.2) is 20.6 Å². The third-order valence-electron chi connectivity index (χ3n) is 4.77. The molecule has 1 saturated carbocycles. The smallest absolute Gasteiger partial charge is 0.161 e. The molecule has 0 amide bonds. The lowest BCUT2D eigenvalue weighted by Crippen LogP contribution is -2.17. The van der Waals surface area contributed by atoms with E-state index in [1.165, 1.54) is 25.7 Å². The van der Waals surface area contributed by atoms with Gasteiger partial charge in [-0.25, -0.2) is 4.98 Å². The van der Waals surface area contributed by atoms with E-state index >= 15 is 0 Å². The van der Waals surface area contributed by atoms with Crippen LogP contribution in [0.5, 0.6) is 0 Å². The molecule has 124 valence electrons. The van der Waals surface area contributed by atoms with Crippen LogP contribution in [0.4, 0.5) is 5.82 Å². The molecule has 1 fully saturated rings. The predicted octanol–water partition coefficient (Wildman–Crippen LogP) is 5.02. The minimum Gasteiger partial charge on any atom is -0.367 e. The molecule has 0 atom stereocenters. The van der Waals surface area contributed by atoms with Crippen molar-refractivity contribution in [3.63, 3.8) is 0 Å². The Morgan fingerprint density at radius 2 is 1.83 bits per heavy atom. The summed E-state index contributed by atoms with van der Waals surface area (Å²) in [5, 5.41) is 9.24. The number of aromatic nitrogens is 3. The highest BCUT2D eigenvalue weighted by Crippen LogP contribution is 2.29. The summed E-state index contributed by atoms with van der Waals surface area (Å²) in [6, 6.07) is 10.4. The van der Waals surface area contributed by atoms with E-state index in [4.69, 9.17) is 21.7 Å². The molecule has 1 aliphatic rings. The highest BCUT2D eigenvalue weighted by molar-refractivity contribution is 6.30. The van der Waals surface area contributed by atoms with Gasteiger partial charge in [-0.3, -0.25) is 0 Å². The lowest BCUT2D eigenvalue weighted by molar-refractivity contribution is 0.740. The summed E-state index contributed by atoms with van der Waals surface area (Å²) in [6.07, 6.45) is 5.07. The Hall–Kier alpha value is -2.07. The minimum absolute atomic E-state index is 0.540. The minimum atomic E-state index is 0.540. The number of nitrogens with one attached hydrogen (secondary N) is 1. The van der Waals surface area contributed by atoms with Gasteiger partial charge in [0.15, 0.2) is 5.65 Å². The van der Waals surface area contributed by atoms with Crippen LogP contribution in [0.15, 0.2) is 30.3 Å². The van der Waals surface area contributed by atoms with Gasteiger partial charge in [0.05, 0.1) is 5.69 Å². The molecule has 1 aliphatic carbocycles. The molecule has 5 heteroatoms. The SMILES string of the molecule is Cc1cc(NC2CCCC2)n2nc(-c3ccc(Cl)cc3)c(C)c2n1. The molecule has 2 heterocycles. The first-order chi connectivity index (χ1) is 11.6. The third kappa shape index (κ3) is 2.75. The lowest BCUT2D eigenvalue weighted by Gasteiger charge is -2.14. The maximum Gasteiger partial charge on any atom is 0.161 e. The number of hydrogen-bond donors (Lipinski definition) is 1. The van der Waals surface area contributed by atoms with Gasteiger partial charge in [-0.2, -0.15) is 9.61 Å². The van der Waals surface area contributed by atoms with Gasteiger partial charge in [0.2, 0.25) is 0 Å². The molecule has 24 heavy (non-hydrogen) atoms. The van der Waals surface area contributed by atoms with E-state index in [1.54, 1.807) is 0 Å². The topological polar surface area (TPSA) is 42.2 Å². The van der Waals surface area contributed by atoms with Crippen LogP contribution in [0.3, 0.4) is 0 Å². The molecule has 4 rings (SSSR count). The number of benzene rings is 1. The maximum atomic E-state index is 6.01. The van der Waals surface area contributed by atoms with Gasteiger partial charge in [0.1, 0.15) is 5.82 Å². The number of anilines is 1. The van der Waals surface area contributed by atoms with Crippen LogP contribution in [-0.2, 0) is 0 Å². The summed E-state index contributed by atoms with van der Waals surface area (Å²) in [7, 11) is 0. The Morgan fingerprint density at radius 3 is 2.54 bits per heavy atom. The molecule has 0 radical (unpaired) electrons. The van der Waals surface area contributed by atoms with Crippen molar-refractivity contribution in [2.75, 3.05) is 5.32 Å². The van der Waals surface area contributed by atoms with Crippen molar-refractivity contribution in [1.29, 1.82) is 0 Å². The second-order valence-electron chi connectivity index (χ2n) is 6.62. The van der Waals surface area contributed by atoms with Gasteiger partial charge in [-0.15, -0.1) is 0 Å². The van der Waals surface area contributed by atoms with Crippen LogP contribution in [0, 0.1) is 13.8 Å². The van der Waals surface area contributed by atoms with Crippen LogP contribution >= 0.6 is 11.6 Å². The third-order valence-corrected chi connectivity index (χ3v) is 5.02.